The van der Waals surface area contributed by atoms with Gasteiger partial charge in [-0.05, 0) is 78.2 Å². The van der Waals surface area contributed by atoms with Crippen LogP contribution in [0.1, 0.15) is 48.9 Å². The van der Waals surface area contributed by atoms with E-state index < -0.39 is 21.8 Å². The maximum atomic E-state index is 13.0. The highest BCUT2D eigenvalue weighted by Gasteiger charge is 2.28. The van der Waals surface area contributed by atoms with Gasteiger partial charge >= 0.3 is 0 Å². The molecule has 14 heteroatoms. The van der Waals surface area contributed by atoms with Crippen LogP contribution in [0, 0.1) is 0 Å². The maximum Gasteiger partial charge on any atom is 0.248 e. The second-order valence-electron chi connectivity index (χ2n) is 10.9. The molecule has 2 amide bonds. The monoisotopic (exact) mass is 692 g/mol. The zero-order valence-electron chi connectivity index (χ0n) is 25.5. The molecule has 3 aromatic rings. The van der Waals surface area contributed by atoms with Crippen molar-refractivity contribution >= 4 is 45.0 Å². The fourth-order valence-electron chi connectivity index (χ4n) is 5.28. The van der Waals surface area contributed by atoms with Crippen molar-refractivity contribution in [1.29, 1.82) is 0 Å². The van der Waals surface area contributed by atoms with Crippen molar-refractivity contribution in [3.63, 3.8) is 0 Å². The molecule has 0 radical (unpaired) electrons. The van der Waals surface area contributed by atoms with E-state index in [-0.39, 0.29) is 36.1 Å². The Balaban J connectivity index is 1.14. The SMILES string of the molecule is CN1Cc2c(Cl)cc(Cl)cc2C(c2cccc(S(=O)(=O)NCCOCCOCCOCCc3cc(C(N)=O)ccc3C(N)=O)c2)C1. The summed E-state index contributed by atoms with van der Waals surface area (Å²) in [5, 5.41) is 1.15. The van der Waals surface area contributed by atoms with Gasteiger partial charge in [0.05, 0.1) is 44.5 Å². The molecule has 1 atom stereocenters. The Kier molecular flexibility index (Phi) is 13.0. The molecule has 1 unspecified atom stereocenters. The summed E-state index contributed by atoms with van der Waals surface area (Å²) < 4.78 is 45.2. The van der Waals surface area contributed by atoms with Crippen LogP contribution in [0.4, 0.5) is 0 Å². The molecule has 0 spiro atoms. The quantitative estimate of drug-likeness (QED) is 0.181. The number of nitrogens with two attached hydrogens (primary N) is 2. The normalized spacial score (nSPS) is 15.1. The minimum atomic E-state index is -3.77. The molecule has 1 aliphatic rings. The van der Waals surface area contributed by atoms with Gasteiger partial charge in [0.2, 0.25) is 21.8 Å². The van der Waals surface area contributed by atoms with Gasteiger partial charge in [0.1, 0.15) is 0 Å². The lowest BCUT2D eigenvalue weighted by molar-refractivity contribution is 0.0162. The molecule has 1 aliphatic heterocycles. The smallest absolute Gasteiger partial charge is 0.248 e. The molecule has 4 rings (SSSR count). The first-order valence-electron chi connectivity index (χ1n) is 14.7. The predicted molar refractivity (Wildman–Crippen MR) is 176 cm³/mol. The van der Waals surface area contributed by atoms with Gasteiger partial charge in [0, 0.05) is 46.7 Å². The summed E-state index contributed by atoms with van der Waals surface area (Å²) in [7, 11) is -1.76. The molecule has 0 aromatic heterocycles. The van der Waals surface area contributed by atoms with Crippen LogP contribution < -0.4 is 16.2 Å². The first-order valence-corrected chi connectivity index (χ1v) is 16.9. The third kappa shape index (κ3) is 9.72. The number of primary amides is 2. The number of rotatable bonds is 17. The summed E-state index contributed by atoms with van der Waals surface area (Å²) in [4.78, 5) is 25.4. The van der Waals surface area contributed by atoms with Crippen LogP contribution in [-0.2, 0) is 37.2 Å². The van der Waals surface area contributed by atoms with Gasteiger partial charge in [-0.25, -0.2) is 13.1 Å². The molecule has 0 bridgehead atoms. The Morgan fingerprint density at radius 3 is 2.30 bits per heavy atom. The summed E-state index contributed by atoms with van der Waals surface area (Å²) in [5.74, 6) is -1.27. The Hall–Kier alpha value is -3.07. The number of nitrogens with zero attached hydrogens (tertiary/aromatic N) is 1. The number of carbonyl (C=O) groups excluding carboxylic acids is 2. The second-order valence-corrected chi connectivity index (χ2v) is 13.5. The van der Waals surface area contributed by atoms with E-state index in [1.54, 1.807) is 30.3 Å². The van der Waals surface area contributed by atoms with Crippen LogP contribution in [-0.4, -0.2) is 84.9 Å². The predicted octanol–water partition coefficient (Wildman–Crippen LogP) is 3.34. The number of nitrogens with one attached hydrogen (secondary N) is 1. The average molecular weight is 694 g/mol. The molecule has 0 saturated carbocycles. The fraction of sp³-hybridized carbons (Fsp3) is 0.375. The number of fused-ring (bicyclic) bond motifs is 1. The number of likely N-dealkylation sites (N-methyl/N-ethyl adjacent to an activating group) is 1. The van der Waals surface area contributed by atoms with Gasteiger partial charge in [-0.3, -0.25) is 9.59 Å². The second kappa shape index (κ2) is 16.7. The van der Waals surface area contributed by atoms with Gasteiger partial charge in [0.25, 0.3) is 0 Å². The van der Waals surface area contributed by atoms with Crippen molar-refractivity contribution in [3.05, 3.63) is 98.0 Å². The van der Waals surface area contributed by atoms with Crippen LogP contribution in [0.25, 0.3) is 0 Å². The van der Waals surface area contributed by atoms with E-state index >= 15 is 0 Å². The number of hydrogen-bond donors (Lipinski definition) is 3. The summed E-state index contributed by atoms with van der Waals surface area (Å²) >= 11 is 12.8. The summed E-state index contributed by atoms with van der Waals surface area (Å²) in [6.45, 7) is 3.15. The molecule has 248 valence electrons. The number of amides is 2. The van der Waals surface area contributed by atoms with Gasteiger partial charge in [-0.2, -0.15) is 0 Å². The van der Waals surface area contributed by atoms with Crippen molar-refractivity contribution in [2.75, 3.05) is 59.8 Å². The van der Waals surface area contributed by atoms with Gasteiger partial charge in [-0.1, -0.05) is 35.3 Å². The average Bonchev–Trinajstić information content (AvgIpc) is 3.01. The van der Waals surface area contributed by atoms with E-state index in [0.29, 0.717) is 67.1 Å². The molecule has 5 N–H and O–H groups in total. The van der Waals surface area contributed by atoms with Crippen molar-refractivity contribution in [1.82, 2.24) is 9.62 Å². The molecule has 46 heavy (non-hydrogen) atoms. The van der Waals surface area contributed by atoms with Crippen LogP contribution in [0.5, 0.6) is 0 Å². The van der Waals surface area contributed by atoms with E-state index in [1.165, 1.54) is 12.1 Å². The maximum absolute atomic E-state index is 13.0. The van der Waals surface area contributed by atoms with Gasteiger partial charge in [0.15, 0.2) is 0 Å². The number of ether oxygens (including phenoxy) is 3. The third-order valence-corrected chi connectivity index (χ3v) is 9.53. The molecule has 0 fully saturated rings. The molecule has 1 heterocycles. The first-order chi connectivity index (χ1) is 22.0. The number of benzene rings is 3. The highest BCUT2D eigenvalue weighted by Crippen LogP contribution is 2.38. The molecule has 0 aliphatic carbocycles. The molecule has 0 saturated heterocycles. The summed E-state index contributed by atoms with van der Waals surface area (Å²) in [5.41, 5.74) is 14.8. The van der Waals surface area contributed by atoms with Crippen LogP contribution in [0.3, 0.4) is 0 Å². The largest absolute Gasteiger partial charge is 0.379 e. The van der Waals surface area contributed by atoms with Gasteiger partial charge < -0.3 is 30.6 Å². The number of carbonyl (C=O) groups is 2. The molecule has 3 aromatic carbocycles. The van der Waals surface area contributed by atoms with Crippen LogP contribution in [0.15, 0.2) is 59.5 Å². The van der Waals surface area contributed by atoms with Crippen molar-refractivity contribution in [3.8, 4) is 0 Å². The number of hydrogen-bond acceptors (Lipinski definition) is 8. The zero-order valence-corrected chi connectivity index (χ0v) is 27.8. The Labute approximate surface area is 279 Å². The minimum absolute atomic E-state index is 0.0797. The van der Waals surface area contributed by atoms with Crippen LogP contribution in [0.2, 0.25) is 10.0 Å². The van der Waals surface area contributed by atoms with Crippen LogP contribution >= 0.6 is 23.2 Å². The van der Waals surface area contributed by atoms with E-state index in [2.05, 4.69) is 9.62 Å². The highest BCUT2D eigenvalue weighted by molar-refractivity contribution is 7.89. The van der Waals surface area contributed by atoms with Gasteiger partial charge in [-0.15, -0.1) is 0 Å². The van der Waals surface area contributed by atoms with E-state index in [9.17, 15) is 18.0 Å². The third-order valence-electron chi connectivity index (χ3n) is 7.52. The van der Waals surface area contributed by atoms with E-state index in [1.807, 2.05) is 19.2 Å². The Bertz CT molecular complexity index is 1660. The standard InChI is InChI=1S/C32H38Cl2N4O7S/c1-38-19-28(27-17-24(33)18-30(34)29(27)20-38)21-3-2-4-25(16-21)46(41,42)37-8-10-44-12-14-45-13-11-43-9-7-22-15-23(31(35)39)5-6-26(22)32(36)40/h2-6,15-18,28,37H,7-14,19-20H2,1H3,(H2,35,39)(H2,36,40). The van der Waals surface area contributed by atoms with Crippen molar-refractivity contribution < 1.29 is 32.2 Å². The number of sulfonamides is 1. The lowest BCUT2D eigenvalue weighted by atomic mass is 9.85. The highest BCUT2D eigenvalue weighted by atomic mass is 35.5. The lowest BCUT2D eigenvalue weighted by Gasteiger charge is -2.33. The molecular formula is C32H38Cl2N4O7S. The Morgan fingerprint density at radius 2 is 1.61 bits per heavy atom. The van der Waals surface area contributed by atoms with E-state index in [0.717, 1.165) is 16.7 Å². The molecule has 11 nitrogen and oxygen atoms in total. The summed E-state index contributed by atoms with van der Waals surface area (Å²) in [6.07, 6.45) is 0.373. The fourth-order valence-corrected chi connectivity index (χ4v) is 6.92. The van der Waals surface area contributed by atoms with Crippen molar-refractivity contribution in [2.45, 2.75) is 23.8 Å². The number of halogens is 2. The summed E-state index contributed by atoms with van der Waals surface area (Å²) in [6, 6.07) is 15.0. The van der Waals surface area contributed by atoms with E-state index in [4.69, 9.17) is 48.9 Å². The first kappa shape index (κ1) is 35.8. The Morgan fingerprint density at radius 1 is 0.913 bits per heavy atom. The van der Waals surface area contributed by atoms with Crippen molar-refractivity contribution in [2.24, 2.45) is 11.5 Å². The lowest BCUT2D eigenvalue weighted by Crippen LogP contribution is -2.31. The minimum Gasteiger partial charge on any atom is -0.379 e. The zero-order chi connectivity index (χ0) is 33.3. The topological polar surface area (TPSA) is 163 Å². The molecular weight excluding hydrogens is 655 g/mol.